The van der Waals surface area contributed by atoms with Crippen molar-refractivity contribution in [2.45, 2.75) is 95.7 Å². The number of halogens is 1. The van der Waals surface area contributed by atoms with E-state index >= 15 is 0 Å². The summed E-state index contributed by atoms with van der Waals surface area (Å²) in [5, 5.41) is -0.276. The van der Waals surface area contributed by atoms with Crippen LogP contribution in [0.5, 0.6) is 0 Å². The number of amides is 2. The Balaban J connectivity index is 1.16. The zero-order chi connectivity index (χ0) is 26.7. The van der Waals surface area contributed by atoms with Crippen LogP contribution < -0.4 is 0 Å². The number of likely N-dealkylation sites (tertiary alicyclic amines) is 1. The third-order valence-corrected chi connectivity index (χ3v) is 12.5. The fraction of sp³-hybridized carbons (Fsp3) is 0.792. The first kappa shape index (κ1) is 27.4. The lowest BCUT2D eigenvalue weighted by Gasteiger charge is -2.42. The number of thioether (sulfide) groups is 2. The number of rotatable bonds is 6. The van der Waals surface area contributed by atoms with Crippen LogP contribution in [0.2, 0.25) is 0 Å². The van der Waals surface area contributed by atoms with Crippen molar-refractivity contribution >= 4 is 76.2 Å². The van der Waals surface area contributed by atoms with Crippen LogP contribution in [-0.4, -0.2) is 107 Å². The molecule has 0 aromatic carbocycles. The van der Waals surface area contributed by atoms with Gasteiger partial charge in [0.25, 0.3) is 5.91 Å². The SMILES string of the molecule is CC1(C)S[C@@H]2C(N=CN3CCCCCC3)C(=O)N2[C@H]1C(=O)OCOC(=O)[C@@H]1N2C(=O)[C@@H](I)[C@H]2SC1(C)C. The van der Waals surface area contributed by atoms with Crippen molar-refractivity contribution in [1.82, 2.24) is 14.7 Å². The van der Waals surface area contributed by atoms with E-state index in [-0.39, 0.29) is 26.5 Å². The third kappa shape index (κ3) is 4.74. The van der Waals surface area contributed by atoms with Crippen molar-refractivity contribution < 1.29 is 28.7 Å². The summed E-state index contributed by atoms with van der Waals surface area (Å²) in [5.74, 6) is -1.47. The van der Waals surface area contributed by atoms with Gasteiger partial charge in [-0.25, -0.2) is 9.59 Å². The van der Waals surface area contributed by atoms with Gasteiger partial charge in [-0.05, 0) is 40.5 Å². The highest BCUT2D eigenvalue weighted by molar-refractivity contribution is 14.1. The van der Waals surface area contributed by atoms with E-state index in [2.05, 4.69) is 32.5 Å². The molecule has 10 nitrogen and oxygen atoms in total. The molecule has 0 N–H and O–H groups in total. The van der Waals surface area contributed by atoms with Crippen LogP contribution in [-0.2, 0) is 28.7 Å². The minimum Gasteiger partial charge on any atom is -0.426 e. The number of aliphatic imine (C=N–C) groups is 1. The van der Waals surface area contributed by atoms with E-state index in [9.17, 15) is 19.2 Å². The summed E-state index contributed by atoms with van der Waals surface area (Å²) in [4.78, 5) is 61.1. The first-order valence-corrected chi connectivity index (χ1v) is 15.7. The molecule has 37 heavy (non-hydrogen) atoms. The molecule has 5 saturated heterocycles. The van der Waals surface area contributed by atoms with Gasteiger partial charge in [0.05, 0.1) is 6.34 Å². The van der Waals surface area contributed by atoms with Crippen LogP contribution in [0.4, 0.5) is 0 Å². The molecule has 0 aliphatic carbocycles. The summed E-state index contributed by atoms with van der Waals surface area (Å²) in [6.07, 6.45) is 6.51. The van der Waals surface area contributed by atoms with Crippen LogP contribution >= 0.6 is 46.1 Å². The number of β-lactam (4-membered cyclic amide) rings is 2. The summed E-state index contributed by atoms with van der Waals surface area (Å²) >= 11 is 5.22. The average molecular weight is 665 g/mol. The standard InChI is InChI=1S/C24H33IN4O6S2/c1-23(2)15(28-17(30)13(25)19(28)36-23)21(32)34-12-35-22(33)16-24(3,4)37-20-14(18(31)29(16)20)26-11-27-9-7-5-6-8-10-27/h11,13-16,19-20H,5-10,12H2,1-4H3/t13-,14?,15+,16+,19-,20-/m1/s1. The molecule has 0 spiro atoms. The van der Waals surface area contributed by atoms with Crippen LogP contribution in [0.1, 0.15) is 53.4 Å². The van der Waals surface area contributed by atoms with Crippen LogP contribution in [0.3, 0.4) is 0 Å². The molecule has 5 fully saturated rings. The lowest BCUT2D eigenvalue weighted by molar-refractivity contribution is -0.180. The normalized spacial score (nSPS) is 36.0. The average Bonchev–Trinajstić information content (AvgIpc) is 3.07. The molecule has 5 aliphatic heterocycles. The van der Waals surface area contributed by atoms with Crippen LogP contribution in [0.25, 0.3) is 0 Å². The van der Waals surface area contributed by atoms with Gasteiger partial charge in [-0.15, -0.1) is 23.5 Å². The number of esters is 2. The second-order valence-electron chi connectivity index (χ2n) is 11.1. The van der Waals surface area contributed by atoms with Gasteiger partial charge >= 0.3 is 11.9 Å². The fourth-order valence-corrected chi connectivity index (χ4v) is 10.00. The molecule has 204 valence electrons. The fourth-order valence-electron chi connectivity index (χ4n) is 5.74. The van der Waals surface area contributed by atoms with Crippen molar-refractivity contribution in [1.29, 1.82) is 0 Å². The Kier molecular flexibility index (Phi) is 7.44. The van der Waals surface area contributed by atoms with E-state index in [1.165, 1.54) is 12.8 Å². The number of alkyl halides is 1. The zero-order valence-electron chi connectivity index (χ0n) is 21.4. The Morgan fingerprint density at radius 3 is 2.00 bits per heavy atom. The first-order chi connectivity index (χ1) is 17.4. The summed E-state index contributed by atoms with van der Waals surface area (Å²) in [7, 11) is 0. The molecule has 13 heteroatoms. The van der Waals surface area contributed by atoms with E-state index in [0.717, 1.165) is 25.9 Å². The van der Waals surface area contributed by atoms with Gasteiger partial charge in [-0.3, -0.25) is 14.6 Å². The summed E-state index contributed by atoms with van der Waals surface area (Å²) in [5.41, 5.74) is 0. The Bertz CT molecular complexity index is 1020. The topological polar surface area (TPSA) is 109 Å². The first-order valence-electron chi connectivity index (χ1n) is 12.7. The van der Waals surface area contributed by atoms with Gasteiger partial charge in [0, 0.05) is 22.6 Å². The molecule has 5 rings (SSSR count). The minimum absolute atomic E-state index is 0.0520. The lowest BCUT2D eigenvalue weighted by atomic mass is 9.96. The number of fused-ring (bicyclic) bond motifs is 2. The van der Waals surface area contributed by atoms with Gasteiger partial charge in [0.15, 0.2) is 6.04 Å². The van der Waals surface area contributed by atoms with Gasteiger partial charge < -0.3 is 24.2 Å². The summed E-state index contributed by atoms with van der Waals surface area (Å²) < 4.78 is 9.41. The number of hydrogen-bond donors (Lipinski definition) is 0. The van der Waals surface area contributed by atoms with E-state index in [4.69, 9.17) is 9.47 Å². The number of ether oxygens (including phenoxy) is 2. The van der Waals surface area contributed by atoms with Crippen molar-refractivity contribution in [3.63, 3.8) is 0 Å². The molecule has 6 atom stereocenters. The number of carbonyl (C=O) groups is 4. The molecule has 0 aromatic rings. The van der Waals surface area contributed by atoms with E-state index in [0.29, 0.717) is 0 Å². The minimum atomic E-state index is -0.794. The van der Waals surface area contributed by atoms with Gasteiger partial charge in [0.2, 0.25) is 12.7 Å². The molecule has 0 bridgehead atoms. The van der Waals surface area contributed by atoms with Crippen molar-refractivity contribution in [3.8, 4) is 0 Å². The Labute approximate surface area is 239 Å². The Morgan fingerprint density at radius 1 is 0.919 bits per heavy atom. The quantitative estimate of drug-likeness (QED) is 0.0804. The smallest absolute Gasteiger partial charge is 0.333 e. The highest BCUT2D eigenvalue weighted by Gasteiger charge is 2.65. The van der Waals surface area contributed by atoms with Crippen LogP contribution in [0.15, 0.2) is 4.99 Å². The van der Waals surface area contributed by atoms with Crippen molar-refractivity contribution in [3.05, 3.63) is 0 Å². The number of hydrogen-bond acceptors (Lipinski definition) is 9. The molecule has 2 amide bonds. The number of nitrogens with zero attached hydrogens (tertiary/aromatic N) is 4. The molecular formula is C24H33IN4O6S2. The monoisotopic (exact) mass is 664 g/mol. The summed E-state index contributed by atoms with van der Waals surface area (Å²) in [6, 6.07) is -2.03. The van der Waals surface area contributed by atoms with Crippen molar-refractivity contribution in [2.75, 3.05) is 19.9 Å². The molecule has 5 aliphatic rings. The maximum atomic E-state index is 13.1. The highest BCUT2D eigenvalue weighted by atomic mass is 127. The molecule has 0 radical (unpaired) electrons. The van der Waals surface area contributed by atoms with E-state index < -0.39 is 46.4 Å². The maximum Gasteiger partial charge on any atom is 0.333 e. The maximum absolute atomic E-state index is 13.1. The Morgan fingerprint density at radius 2 is 1.43 bits per heavy atom. The van der Waals surface area contributed by atoms with Gasteiger partial charge in [-0.1, -0.05) is 35.4 Å². The van der Waals surface area contributed by atoms with Gasteiger partial charge in [0.1, 0.15) is 26.8 Å². The van der Waals surface area contributed by atoms with Crippen LogP contribution in [0, 0.1) is 0 Å². The third-order valence-electron chi connectivity index (χ3n) is 7.67. The molecule has 1 unspecified atom stereocenters. The Hall–Kier alpha value is -1.22. The predicted molar refractivity (Wildman–Crippen MR) is 149 cm³/mol. The number of carbonyl (C=O) groups excluding carboxylic acids is 4. The highest BCUT2D eigenvalue weighted by Crippen LogP contribution is 2.53. The lowest BCUT2D eigenvalue weighted by Crippen LogP contribution is -2.65. The second-order valence-corrected chi connectivity index (χ2v) is 16.0. The van der Waals surface area contributed by atoms with E-state index in [1.54, 1.807) is 39.7 Å². The predicted octanol–water partition coefficient (Wildman–Crippen LogP) is 2.23. The van der Waals surface area contributed by atoms with Crippen molar-refractivity contribution in [2.24, 2.45) is 4.99 Å². The zero-order valence-corrected chi connectivity index (χ0v) is 25.2. The second kappa shape index (κ2) is 10.1. The summed E-state index contributed by atoms with van der Waals surface area (Å²) in [6.45, 7) is 8.97. The molecule has 0 saturated carbocycles. The molecular weight excluding hydrogens is 631 g/mol. The van der Waals surface area contributed by atoms with E-state index in [1.807, 2.05) is 27.7 Å². The molecule has 0 aromatic heterocycles. The molecule has 5 heterocycles. The largest absolute Gasteiger partial charge is 0.426 e. The van der Waals surface area contributed by atoms with Gasteiger partial charge in [-0.2, -0.15) is 0 Å².